The lowest BCUT2D eigenvalue weighted by atomic mass is 9.98. The van der Waals surface area contributed by atoms with Crippen molar-refractivity contribution < 1.29 is 0 Å². The molecule has 2 unspecified atom stereocenters. The van der Waals surface area contributed by atoms with E-state index in [4.69, 9.17) is 11.6 Å². The molecule has 0 amide bonds. The topological polar surface area (TPSA) is 15.3 Å². The Morgan fingerprint density at radius 3 is 2.53 bits per heavy atom. The van der Waals surface area contributed by atoms with E-state index in [0.717, 1.165) is 31.2 Å². The summed E-state index contributed by atoms with van der Waals surface area (Å²) < 4.78 is 0. The molecular formula is C12H21ClN2. The Bertz CT molecular complexity index is 218. The Morgan fingerprint density at radius 1 is 1.33 bits per heavy atom. The SMILES string of the molecule is CCN(CC=CCl)C1CC2CCC(C1)N2. The molecule has 0 saturated carbocycles. The van der Waals surface area contributed by atoms with E-state index in [1.807, 2.05) is 0 Å². The first kappa shape index (κ1) is 11.4. The van der Waals surface area contributed by atoms with E-state index < -0.39 is 0 Å². The quantitative estimate of drug-likeness (QED) is 0.795. The second-order valence-electron chi connectivity index (χ2n) is 4.71. The van der Waals surface area contributed by atoms with Crippen molar-refractivity contribution in [3.05, 3.63) is 11.6 Å². The summed E-state index contributed by atoms with van der Waals surface area (Å²) in [7, 11) is 0. The molecule has 2 heterocycles. The standard InChI is InChI=1S/C12H21ClN2/c1-2-15(7-3-6-13)12-8-10-4-5-11(9-12)14-10/h3,6,10-12,14H,2,4-5,7-9H2,1H3. The lowest BCUT2D eigenvalue weighted by molar-refractivity contribution is 0.162. The van der Waals surface area contributed by atoms with Gasteiger partial charge in [0.25, 0.3) is 0 Å². The summed E-state index contributed by atoms with van der Waals surface area (Å²) in [4.78, 5) is 2.55. The highest BCUT2D eigenvalue weighted by atomic mass is 35.5. The van der Waals surface area contributed by atoms with Crippen LogP contribution < -0.4 is 5.32 Å². The number of nitrogens with one attached hydrogen (secondary N) is 1. The zero-order valence-corrected chi connectivity index (χ0v) is 10.2. The van der Waals surface area contributed by atoms with E-state index in [0.29, 0.717) is 0 Å². The van der Waals surface area contributed by atoms with E-state index in [2.05, 4.69) is 23.2 Å². The van der Waals surface area contributed by atoms with Crippen LogP contribution >= 0.6 is 11.6 Å². The number of nitrogens with zero attached hydrogens (tertiary/aromatic N) is 1. The van der Waals surface area contributed by atoms with Crippen molar-refractivity contribution in [3.63, 3.8) is 0 Å². The van der Waals surface area contributed by atoms with Crippen LogP contribution in [0.15, 0.2) is 11.6 Å². The van der Waals surface area contributed by atoms with Gasteiger partial charge in [0.05, 0.1) is 0 Å². The molecular weight excluding hydrogens is 208 g/mol. The van der Waals surface area contributed by atoms with E-state index in [1.54, 1.807) is 5.54 Å². The van der Waals surface area contributed by atoms with Gasteiger partial charge >= 0.3 is 0 Å². The molecule has 0 aromatic carbocycles. The van der Waals surface area contributed by atoms with Gasteiger partial charge in [0.15, 0.2) is 0 Å². The third-order valence-corrected chi connectivity index (χ3v) is 3.98. The molecule has 2 bridgehead atoms. The molecule has 2 saturated heterocycles. The van der Waals surface area contributed by atoms with Crippen molar-refractivity contribution in [3.8, 4) is 0 Å². The first-order valence-corrected chi connectivity index (χ1v) is 6.52. The average Bonchev–Trinajstić information content (AvgIpc) is 2.59. The Morgan fingerprint density at radius 2 is 2.00 bits per heavy atom. The normalized spacial score (nSPS) is 35.5. The number of hydrogen-bond donors (Lipinski definition) is 1. The minimum Gasteiger partial charge on any atom is -0.311 e. The number of rotatable bonds is 4. The summed E-state index contributed by atoms with van der Waals surface area (Å²) >= 11 is 5.59. The van der Waals surface area contributed by atoms with Gasteiger partial charge in [-0.1, -0.05) is 24.6 Å². The Kier molecular flexibility index (Phi) is 4.06. The van der Waals surface area contributed by atoms with E-state index >= 15 is 0 Å². The molecule has 2 fully saturated rings. The number of halogens is 1. The molecule has 2 nitrogen and oxygen atoms in total. The van der Waals surface area contributed by atoms with E-state index in [-0.39, 0.29) is 0 Å². The highest BCUT2D eigenvalue weighted by Gasteiger charge is 2.35. The Balaban J connectivity index is 1.90. The van der Waals surface area contributed by atoms with Crippen molar-refractivity contribution in [2.75, 3.05) is 13.1 Å². The summed E-state index contributed by atoms with van der Waals surface area (Å²) in [5, 5.41) is 3.68. The second-order valence-corrected chi connectivity index (χ2v) is 4.96. The van der Waals surface area contributed by atoms with E-state index in [9.17, 15) is 0 Å². The molecule has 0 aliphatic carbocycles. The van der Waals surface area contributed by atoms with Crippen LogP contribution in [0.3, 0.4) is 0 Å². The van der Waals surface area contributed by atoms with Gasteiger partial charge in [0, 0.05) is 30.2 Å². The number of piperidine rings is 1. The molecule has 2 aliphatic rings. The van der Waals surface area contributed by atoms with Crippen LogP contribution in [0.1, 0.15) is 32.6 Å². The van der Waals surface area contributed by atoms with Gasteiger partial charge in [-0.2, -0.15) is 0 Å². The number of hydrogen-bond acceptors (Lipinski definition) is 2. The molecule has 0 spiro atoms. The Labute approximate surface area is 97.7 Å². The number of fused-ring (bicyclic) bond motifs is 2. The van der Waals surface area contributed by atoms with Crippen molar-refractivity contribution >= 4 is 11.6 Å². The van der Waals surface area contributed by atoms with Crippen LogP contribution in [0.2, 0.25) is 0 Å². The van der Waals surface area contributed by atoms with Gasteiger partial charge in [-0.25, -0.2) is 0 Å². The molecule has 3 heteroatoms. The van der Waals surface area contributed by atoms with Crippen molar-refractivity contribution in [2.24, 2.45) is 0 Å². The summed E-state index contributed by atoms with van der Waals surface area (Å²) in [5.74, 6) is 0. The summed E-state index contributed by atoms with van der Waals surface area (Å²) in [6.07, 6.45) is 7.45. The van der Waals surface area contributed by atoms with Crippen LogP contribution in [0, 0.1) is 0 Å². The van der Waals surface area contributed by atoms with Gasteiger partial charge in [0.1, 0.15) is 0 Å². The first-order valence-electron chi connectivity index (χ1n) is 6.08. The van der Waals surface area contributed by atoms with Crippen LogP contribution in [0.4, 0.5) is 0 Å². The molecule has 15 heavy (non-hydrogen) atoms. The van der Waals surface area contributed by atoms with Crippen LogP contribution in [-0.4, -0.2) is 36.1 Å². The fraction of sp³-hybridized carbons (Fsp3) is 0.833. The molecule has 2 rings (SSSR count). The zero-order chi connectivity index (χ0) is 10.7. The maximum absolute atomic E-state index is 5.59. The molecule has 86 valence electrons. The smallest absolute Gasteiger partial charge is 0.0177 e. The monoisotopic (exact) mass is 228 g/mol. The van der Waals surface area contributed by atoms with Gasteiger partial charge in [-0.15, -0.1) is 0 Å². The minimum atomic E-state index is 0.765. The van der Waals surface area contributed by atoms with Gasteiger partial charge in [-0.05, 0) is 32.2 Å². The maximum Gasteiger partial charge on any atom is 0.0177 e. The maximum atomic E-state index is 5.59. The van der Waals surface area contributed by atoms with E-state index in [1.165, 1.54) is 25.7 Å². The minimum absolute atomic E-state index is 0.765. The fourth-order valence-electron chi connectivity index (χ4n) is 3.04. The van der Waals surface area contributed by atoms with Crippen LogP contribution in [0.25, 0.3) is 0 Å². The summed E-state index contributed by atoms with van der Waals surface area (Å²) in [6.45, 7) is 4.38. The predicted molar refractivity (Wildman–Crippen MR) is 65.2 cm³/mol. The zero-order valence-electron chi connectivity index (χ0n) is 9.45. The van der Waals surface area contributed by atoms with Crippen molar-refractivity contribution in [1.82, 2.24) is 10.2 Å². The molecule has 0 aromatic heterocycles. The van der Waals surface area contributed by atoms with Gasteiger partial charge in [-0.3, -0.25) is 4.90 Å². The lowest BCUT2D eigenvalue weighted by Gasteiger charge is -2.36. The van der Waals surface area contributed by atoms with Gasteiger partial charge in [0.2, 0.25) is 0 Å². The van der Waals surface area contributed by atoms with Crippen LogP contribution in [0.5, 0.6) is 0 Å². The fourth-order valence-corrected chi connectivity index (χ4v) is 3.12. The highest BCUT2D eigenvalue weighted by Crippen LogP contribution is 2.29. The average molecular weight is 229 g/mol. The summed E-state index contributed by atoms with van der Waals surface area (Å²) in [6, 6.07) is 2.33. The van der Waals surface area contributed by atoms with Crippen molar-refractivity contribution in [1.29, 1.82) is 0 Å². The molecule has 0 radical (unpaired) electrons. The van der Waals surface area contributed by atoms with Crippen LogP contribution in [-0.2, 0) is 0 Å². The first-order chi connectivity index (χ1) is 7.33. The predicted octanol–water partition coefficient (Wildman–Crippen LogP) is 2.34. The third kappa shape index (κ3) is 2.74. The summed E-state index contributed by atoms with van der Waals surface area (Å²) in [5.41, 5.74) is 1.64. The largest absolute Gasteiger partial charge is 0.311 e. The molecule has 0 aromatic rings. The third-order valence-electron chi connectivity index (χ3n) is 3.80. The van der Waals surface area contributed by atoms with Crippen molar-refractivity contribution in [2.45, 2.75) is 50.7 Å². The Hall–Kier alpha value is -0.0500. The van der Waals surface area contributed by atoms with Gasteiger partial charge < -0.3 is 5.32 Å². The second kappa shape index (κ2) is 5.33. The molecule has 2 atom stereocenters. The lowest BCUT2D eigenvalue weighted by Crippen LogP contribution is -2.48. The molecule has 1 N–H and O–H groups in total. The number of likely N-dealkylation sites (N-methyl/N-ethyl adjacent to an activating group) is 1. The highest BCUT2D eigenvalue weighted by molar-refractivity contribution is 6.25. The molecule has 2 aliphatic heterocycles.